The van der Waals surface area contributed by atoms with Gasteiger partial charge in [0.15, 0.2) is 0 Å². The first kappa shape index (κ1) is 20.8. The number of anilines is 2. The van der Waals surface area contributed by atoms with Gasteiger partial charge in [0.2, 0.25) is 0 Å². The van der Waals surface area contributed by atoms with E-state index in [4.69, 9.17) is 0 Å². The number of thioether (sulfide) groups is 1. The minimum Gasteiger partial charge on any atom is -0.371 e. The SMILES string of the molecule is Cc1nc(SCc2cc(N3CCCCCC3)cc(NCC(F)(F)F)n2)cn1C. The molecule has 0 atom stereocenters. The molecule has 2 aromatic rings. The molecule has 154 valence electrons. The van der Waals surface area contributed by atoms with Crippen LogP contribution in [-0.4, -0.2) is 40.3 Å². The molecule has 9 heteroatoms. The molecule has 28 heavy (non-hydrogen) atoms. The first-order valence-electron chi connectivity index (χ1n) is 9.49. The van der Waals surface area contributed by atoms with Gasteiger partial charge in [-0.1, -0.05) is 24.6 Å². The van der Waals surface area contributed by atoms with Crippen molar-refractivity contribution in [1.82, 2.24) is 14.5 Å². The zero-order chi connectivity index (χ0) is 20.1. The summed E-state index contributed by atoms with van der Waals surface area (Å²) in [5.41, 5.74) is 1.69. The second-order valence-electron chi connectivity index (χ2n) is 7.10. The molecule has 3 rings (SSSR count). The average molecular weight is 414 g/mol. The quantitative estimate of drug-likeness (QED) is 0.691. The molecule has 3 heterocycles. The topological polar surface area (TPSA) is 46.0 Å². The summed E-state index contributed by atoms with van der Waals surface area (Å²) in [4.78, 5) is 11.1. The number of alkyl halides is 3. The lowest BCUT2D eigenvalue weighted by atomic mass is 10.2. The van der Waals surface area contributed by atoms with Gasteiger partial charge in [-0.25, -0.2) is 9.97 Å². The van der Waals surface area contributed by atoms with Crippen LogP contribution in [0.2, 0.25) is 0 Å². The maximum absolute atomic E-state index is 12.6. The zero-order valence-corrected chi connectivity index (χ0v) is 17.0. The minimum absolute atomic E-state index is 0.270. The van der Waals surface area contributed by atoms with E-state index in [0.29, 0.717) is 5.75 Å². The van der Waals surface area contributed by atoms with E-state index in [2.05, 4.69) is 20.2 Å². The molecule has 0 aliphatic carbocycles. The van der Waals surface area contributed by atoms with Crippen molar-refractivity contribution >= 4 is 23.3 Å². The smallest absolute Gasteiger partial charge is 0.371 e. The summed E-state index contributed by atoms with van der Waals surface area (Å²) < 4.78 is 39.9. The van der Waals surface area contributed by atoms with Crippen molar-refractivity contribution in [2.45, 2.75) is 49.6 Å². The van der Waals surface area contributed by atoms with E-state index >= 15 is 0 Å². The van der Waals surface area contributed by atoms with E-state index in [9.17, 15) is 13.2 Å². The van der Waals surface area contributed by atoms with Gasteiger partial charge in [-0.2, -0.15) is 13.2 Å². The van der Waals surface area contributed by atoms with Crippen LogP contribution in [0.1, 0.15) is 37.2 Å². The van der Waals surface area contributed by atoms with Gasteiger partial charge >= 0.3 is 6.18 Å². The van der Waals surface area contributed by atoms with Gasteiger partial charge < -0.3 is 14.8 Å². The first-order chi connectivity index (χ1) is 13.3. The summed E-state index contributed by atoms with van der Waals surface area (Å²) in [6.07, 6.45) is 2.27. The molecule has 0 unspecified atom stereocenters. The van der Waals surface area contributed by atoms with Crippen LogP contribution in [0, 0.1) is 6.92 Å². The van der Waals surface area contributed by atoms with Crippen molar-refractivity contribution in [2.24, 2.45) is 7.05 Å². The molecule has 0 spiro atoms. The standard InChI is InChI=1S/C19H26F3N5S/c1-14-24-18(11-26(14)2)28-12-15-9-16(27-7-5-3-4-6-8-27)10-17(25-15)23-13-19(20,21)22/h9-11H,3-8,12-13H2,1-2H3,(H,23,25). The number of nitrogens with zero attached hydrogens (tertiary/aromatic N) is 4. The number of pyridine rings is 1. The molecule has 0 aromatic carbocycles. The van der Waals surface area contributed by atoms with Crippen molar-refractivity contribution in [2.75, 3.05) is 29.9 Å². The number of aryl methyl sites for hydroxylation is 2. The molecule has 0 amide bonds. The number of hydrogen-bond acceptors (Lipinski definition) is 5. The van der Waals surface area contributed by atoms with Gasteiger partial charge in [0.1, 0.15) is 23.2 Å². The van der Waals surface area contributed by atoms with Crippen LogP contribution in [0.5, 0.6) is 0 Å². The fourth-order valence-electron chi connectivity index (χ4n) is 3.18. The third kappa shape index (κ3) is 6.05. The lowest BCUT2D eigenvalue weighted by Gasteiger charge is -2.24. The molecular formula is C19H26F3N5S. The number of rotatable bonds is 6. The van der Waals surface area contributed by atoms with E-state index in [1.807, 2.05) is 30.8 Å². The third-order valence-electron chi connectivity index (χ3n) is 4.76. The second-order valence-corrected chi connectivity index (χ2v) is 8.09. The molecule has 2 aromatic heterocycles. The summed E-state index contributed by atoms with van der Waals surface area (Å²) in [5.74, 6) is 1.74. The highest BCUT2D eigenvalue weighted by atomic mass is 32.2. The first-order valence-corrected chi connectivity index (χ1v) is 10.5. The highest BCUT2D eigenvalue weighted by Gasteiger charge is 2.27. The summed E-state index contributed by atoms with van der Waals surface area (Å²) in [6, 6.07) is 3.73. The molecule has 1 fully saturated rings. The zero-order valence-electron chi connectivity index (χ0n) is 16.2. The Kier molecular flexibility index (Phi) is 6.74. The third-order valence-corrected chi connectivity index (χ3v) is 5.69. The molecule has 1 saturated heterocycles. The van der Waals surface area contributed by atoms with Crippen molar-refractivity contribution in [3.8, 4) is 0 Å². The van der Waals surface area contributed by atoms with Crippen molar-refractivity contribution < 1.29 is 13.2 Å². The molecule has 1 aliphatic heterocycles. The Labute approximate surface area is 167 Å². The second kappa shape index (κ2) is 9.07. The van der Waals surface area contributed by atoms with Gasteiger partial charge in [0.25, 0.3) is 0 Å². The monoisotopic (exact) mass is 413 g/mol. The van der Waals surface area contributed by atoms with E-state index < -0.39 is 12.7 Å². The van der Waals surface area contributed by atoms with Gasteiger partial charge in [0, 0.05) is 43.8 Å². The van der Waals surface area contributed by atoms with Crippen LogP contribution in [0.4, 0.5) is 24.7 Å². The van der Waals surface area contributed by atoms with Gasteiger partial charge in [-0.3, -0.25) is 0 Å². The Morgan fingerprint density at radius 1 is 1.11 bits per heavy atom. The Morgan fingerprint density at radius 2 is 1.82 bits per heavy atom. The number of hydrogen-bond donors (Lipinski definition) is 1. The molecular weight excluding hydrogens is 387 g/mol. The van der Waals surface area contributed by atoms with Crippen LogP contribution in [0.25, 0.3) is 0 Å². The van der Waals surface area contributed by atoms with E-state index in [1.165, 1.54) is 24.6 Å². The van der Waals surface area contributed by atoms with Gasteiger partial charge in [0.05, 0.1) is 5.69 Å². The lowest BCUT2D eigenvalue weighted by molar-refractivity contribution is -0.115. The minimum atomic E-state index is -4.28. The molecule has 0 bridgehead atoms. The van der Waals surface area contributed by atoms with Crippen LogP contribution < -0.4 is 10.2 Å². The summed E-state index contributed by atoms with van der Waals surface area (Å²) in [7, 11) is 1.93. The van der Waals surface area contributed by atoms with Gasteiger partial charge in [-0.05, 0) is 25.8 Å². The summed E-state index contributed by atoms with van der Waals surface area (Å²) >= 11 is 1.54. The van der Waals surface area contributed by atoms with E-state index in [-0.39, 0.29) is 5.82 Å². The number of imidazole rings is 1. The predicted octanol–water partition coefficient (Wildman–Crippen LogP) is 4.77. The number of aromatic nitrogens is 3. The van der Waals surface area contributed by atoms with Crippen LogP contribution in [0.15, 0.2) is 23.4 Å². The molecule has 0 saturated carbocycles. The van der Waals surface area contributed by atoms with Crippen molar-refractivity contribution in [3.05, 3.63) is 29.8 Å². The maximum atomic E-state index is 12.6. The highest BCUT2D eigenvalue weighted by Crippen LogP contribution is 2.28. The summed E-state index contributed by atoms with van der Waals surface area (Å²) in [5, 5.41) is 3.32. The highest BCUT2D eigenvalue weighted by molar-refractivity contribution is 7.98. The van der Waals surface area contributed by atoms with Crippen molar-refractivity contribution in [1.29, 1.82) is 0 Å². The predicted molar refractivity (Wildman–Crippen MR) is 107 cm³/mol. The average Bonchev–Trinajstić information content (AvgIpc) is 2.84. The van der Waals surface area contributed by atoms with E-state index in [0.717, 1.165) is 48.2 Å². The fraction of sp³-hybridized carbons (Fsp3) is 0.579. The Hall–Kier alpha value is -1.90. The maximum Gasteiger partial charge on any atom is 0.405 e. The molecule has 1 aliphatic rings. The largest absolute Gasteiger partial charge is 0.405 e. The molecule has 1 N–H and O–H groups in total. The summed E-state index contributed by atoms with van der Waals surface area (Å²) in [6.45, 7) is 2.69. The van der Waals surface area contributed by atoms with Gasteiger partial charge in [-0.15, -0.1) is 0 Å². The van der Waals surface area contributed by atoms with Crippen LogP contribution in [-0.2, 0) is 12.8 Å². The van der Waals surface area contributed by atoms with Crippen LogP contribution in [0.3, 0.4) is 0 Å². The Balaban J connectivity index is 1.78. The lowest BCUT2D eigenvalue weighted by Crippen LogP contribution is -2.25. The van der Waals surface area contributed by atoms with E-state index in [1.54, 1.807) is 6.07 Å². The Morgan fingerprint density at radius 3 is 2.43 bits per heavy atom. The fourth-order valence-corrected chi connectivity index (χ4v) is 4.06. The normalized spacial score (nSPS) is 15.5. The molecule has 0 radical (unpaired) electrons. The Bertz CT molecular complexity index is 763. The number of nitrogens with one attached hydrogen (secondary N) is 1. The number of halogens is 3. The van der Waals surface area contributed by atoms with Crippen LogP contribution >= 0.6 is 11.8 Å². The molecule has 5 nitrogen and oxygen atoms in total. The van der Waals surface area contributed by atoms with Crippen molar-refractivity contribution in [3.63, 3.8) is 0 Å².